The third-order valence-corrected chi connectivity index (χ3v) is 3.78. The monoisotopic (exact) mass is 335 g/mol. The van der Waals surface area contributed by atoms with E-state index in [1.54, 1.807) is 0 Å². The lowest BCUT2D eigenvalue weighted by atomic mass is 9.85. The first-order valence-corrected chi connectivity index (χ1v) is 7.20. The van der Waals surface area contributed by atoms with Crippen LogP contribution in [-0.4, -0.2) is 15.2 Å². The molecule has 0 radical (unpaired) electrons. The summed E-state index contributed by atoms with van der Waals surface area (Å²) in [6.07, 6.45) is 3.92. The molecule has 0 amide bonds. The topological polar surface area (TPSA) is 41.6 Å². The van der Waals surface area contributed by atoms with Crippen LogP contribution >= 0.6 is 0 Å². The highest BCUT2D eigenvalue weighted by molar-refractivity contribution is 5.30. The molecule has 3 rings (SSSR count). The third-order valence-electron chi connectivity index (χ3n) is 3.78. The van der Waals surface area contributed by atoms with E-state index in [0.29, 0.717) is 11.6 Å². The Morgan fingerprint density at radius 3 is 2.58 bits per heavy atom. The SMILES string of the molecule is Fc1ccc(C(Cc2cn[nH]c2)C(F)(F)c2ccccn2)c(F)c1. The highest BCUT2D eigenvalue weighted by Gasteiger charge is 2.44. The minimum atomic E-state index is -3.45. The molecule has 1 aromatic carbocycles. The lowest BCUT2D eigenvalue weighted by Crippen LogP contribution is -2.27. The smallest absolute Gasteiger partial charge is 0.285 e. The maximum atomic E-state index is 15.0. The van der Waals surface area contributed by atoms with Gasteiger partial charge in [-0.25, -0.2) is 8.78 Å². The number of alkyl halides is 2. The Labute approximate surface area is 135 Å². The van der Waals surface area contributed by atoms with Crippen molar-refractivity contribution >= 4 is 0 Å². The molecule has 0 bridgehead atoms. The number of hydrogen-bond donors (Lipinski definition) is 1. The summed E-state index contributed by atoms with van der Waals surface area (Å²) < 4.78 is 57.4. The van der Waals surface area contributed by atoms with Crippen LogP contribution in [0.25, 0.3) is 0 Å². The van der Waals surface area contributed by atoms with Crippen molar-refractivity contribution in [1.82, 2.24) is 15.2 Å². The molecule has 2 aromatic heterocycles. The Hall–Kier alpha value is -2.70. The first-order chi connectivity index (χ1) is 11.5. The Bertz CT molecular complexity index is 804. The highest BCUT2D eigenvalue weighted by Crippen LogP contribution is 2.44. The van der Waals surface area contributed by atoms with E-state index in [1.807, 2.05) is 0 Å². The van der Waals surface area contributed by atoms with Crippen molar-refractivity contribution in [3.63, 3.8) is 0 Å². The van der Waals surface area contributed by atoms with Crippen molar-refractivity contribution in [3.8, 4) is 0 Å². The Balaban J connectivity index is 2.07. The van der Waals surface area contributed by atoms with Crippen molar-refractivity contribution in [1.29, 1.82) is 0 Å². The van der Waals surface area contributed by atoms with Crippen LogP contribution in [0, 0.1) is 11.6 Å². The molecule has 1 atom stereocenters. The molecule has 0 fully saturated rings. The molecule has 0 aliphatic carbocycles. The molecule has 2 heterocycles. The zero-order valence-electron chi connectivity index (χ0n) is 12.4. The number of pyridine rings is 1. The summed E-state index contributed by atoms with van der Waals surface area (Å²) in [6.45, 7) is 0. The molecule has 7 heteroatoms. The van der Waals surface area contributed by atoms with Crippen LogP contribution in [0.1, 0.15) is 22.7 Å². The van der Waals surface area contributed by atoms with Crippen LogP contribution in [-0.2, 0) is 12.3 Å². The molecule has 1 unspecified atom stereocenters. The van der Waals surface area contributed by atoms with Crippen molar-refractivity contribution in [3.05, 3.63) is 83.4 Å². The van der Waals surface area contributed by atoms with Gasteiger partial charge in [-0.1, -0.05) is 12.1 Å². The fourth-order valence-electron chi connectivity index (χ4n) is 2.58. The largest absolute Gasteiger partial charge is 0.296 e. The first kappa shape index (κ1) is 16.2. The molecule has 0 aliphatic heterocycles. The van der Waals surface area contributed by atoms with Crippen molar-refractivity contribution in [2.75, 3.05) is 0 Å². The van der Waals surface area contributed by atoms with Crippen LogP contribution in [0.4, 0.5) is 17.6 Å². The number of halogens is 4. The summed E-state index contributed by atoms with van der Waals surface area (Å²) in [4.78, 5) is 3.70. The number of H-pyrrole nitrogens is 1. The van der Waals surface area contributed by atoms with Gasteiger partial charge in [-0.2, -0.15) is 13.9 Å². The second-order valence-corrected chi connectivity index (χ2v) is 5.37. The lowest BCUT2D eigenvalue weighted by molar-refractivity contribution is -0.0394. The van der Waals surface area contributed by atoms with Gasteiger partial charge in [0, 0.05) is 18.5 Å². The van der Waals surface area contributed by atoms with E-state index < -0.39 is 29.2 Å². The van der Waals surface area contributed by atoms with Gasteiger partial charge < -0.3 is 0 Å². The number of nitrogens with zero attached hydrogens (tertiary/aromatic N) is 2. The summed E-state index contributed by atoms with van der Waals surface area (Å²) in [5, 5.41) is 6.26. The minimum absolute atomic E-state index is 0.178. The van der Waals surface area contributed by atoms with E-state index >= 15 is 8.78 Å². The van der Waals surface area contributed by atoms with Crippen molar-refractivity contribution in [2.24, 2.45) is 0 Å². The van der Waals surface area contributed by atoms with Crippen LogP contribution < -0.4 is 0 Å². The molecule has 1 N–H and O–H groups in total. The summed E-state index contributed by atoms with van der Waals surface area (Å²) in [5.74, 6) is -6.83. The van der Waals surface area contributed by atoms with E-state index in [-0.39, 0.29) is 12.0 Å². The zero-order valence-corrected chi connectivity index (χ0v) is 12.4. The van der Waals surface area contributed by atoms with Crippen molar-refractivity contribution < 1.29 is 17.6 Å². The molecular formula is C17H13F4N3. The molecule has 0 saturated carbocycles. The van der Waals surface area contributed by atoms with Gasteiger partial charge in [-0.05, 0) is 35.7 Å². The number of aromatic amines is 1. The predicted octanol–water partition coefficient (Wildman–Crippen LogP) is 4.20. The molecule has 3 nitrogen and oxygen atoms in total. The Kier molecular flexibility index (Phi) is 4.33. The van der Waals surface area contributed by atoms with Gasteiger partial charge in [-0.15, -0.1) is 0 Å². The molecule has 3 aromatic rings. The lowest BCUT2D eigenvalue weighted by Gasteiger charge is -2.27. The quantitative estimate of drug-likeness (QED) is 0.710. The van der Waals surface area contributed by atoms with Gasteiger partial charge in [0.1, 0.15) is 17.3 Å². The van der Waals surface area contributed by atoms with Crippen LogP contribution in [0.5, 0.6) is 0 Å². The number of rotatable bonds is 5. The number of aromatic nitrogens is 3. The highest BCUT2D eigenvalue weighted by atomic mass is 19.3. The Morgan fingerprint density at radius 1 is 1.12 bits per heavy atom. The van der Waals surface area contributed by atoms with Gasteiger partial charge in [0.05, 0.1) is 12.1 Å². The fraction of sp³-hybridized carbons (Fsp3) is 0.176. The number of benzene rings is 1. The van der Waals surface area contributed by atoms with Gasteiger partial charge in [0.25, 0.3) is 5.92 Å². The third kappa shape index (κ3) is 3.15. The fourth-order valence-corrected chi connectivity index (χ4v) is 2.58. The Morgan fingerprint density at radius 2 is 1.96 bits per heavy atom. The van der Waals surface area contributed by atoms with E-state index in [4.69, 9.17) is 0 Å². The second-order valence-electron chi connectivity index (χ2n) is 5.37. The predicted molar refractivity (Wildman–Crippen MR) is 79.5 cm³/mol. The standard InChI is InChI=1S/C17H13F4N3/c18-12-4-5-13(15(19)8-12)14(7-11-9-23-24-10-11)17(20,21)16-3-1-2-6-22-16/h1-6,8-10,14H,7H2,(H,23,24). The van der Waals surface area contributed by atoms with Gasteiger partial charge >= 0.3 is 0 Å². The average Bonchev–Trinajstić information content (AvgIpc) is 3.07. The normalized spacial score (nSPS) is 13.0. The van der Waals surface area contributed by atoms with Crippen LogP contribution in [0.15, 0.2) is 55.0 Å². The molecular weight excluding hydrogens is 322 g/mol. The maximum Gasteiger partial charge on any atom is 0.296 e. The molecule has 124 valence electrons. The van der Waals surface area contributed by atoms with E-state index in [0.717, 1.165) is 12.1 Å². The first-order valence-electron chi connectivity index (χ1n) is 7.20. The van der Waals surface area contributed by atoms with Gasteiger partial charge in [-0.3, -0.25) is 10.1 Å². The number of hydrogen-bond acceptors (Lipinski definition) is 2. The molecule has 24 heavy (non-hydrogen) atoms. The van der Waals surface area contributed by atoms with Crippen molar-refractivity contribution in [2.45, 2.75) is 18.3 Å². The van der Waals surface area contributed by atoms with Gasteiger partial charge in [0.15, 0.2) is 0 Å². The zero-order chi connectivity index (χ0) is 17.2. The second kappa shape index (κ2) is 6.43. The summed E-state index contributed by atoms with van der Waals surface area (Å²) in [5.41, 5.74) is -0.255. The summed E-state index contributed by atoms with van der Waals surface area (Å²) >= 11 is 0. The van der Waals surface area contributed by atoms with E-state index in [2.05, 4.69) is 15.2 Å². The van der Waals surface area contributed by atoms with Crippen LogP contribution in [0.3, 0.4) is 0 Å². The maximum absolute atomic E-state index is 15.0. The van der Waals surface area contributed by atoms with Crippen LogP contribution in [0.2, 0.25) is 0 Å². The van der Waals surface area contributed by atoms with E-state index in [1.165, 1.54) is 36.8 Å². The van der Waals surface area contributed by atoms with E-state index in [9.17, 15) is 8.78 Å². The summed E-state index contributed by atoms with van der Waals surface area (Å²) in [7, 11) is 0. The van der Waals surface area contributed by atoms with Gasteiger partial charge in [0.2, 0.25) is 0 Å². The average molecular weight is 335 g/mol. The molecule has 0 aliphatic rings. The minimum Gasteiger partial charge on any atom is -0.285 e. The summed E-state index contributed by atoms with van der Waals surface area (Å²) in [6, 6.07) is 6.76. The molecule has 0 saturated heterocycles. The molecule has 0 spiro atoms. The number of nitrogens with one attached hydrogen (secondary N) is 1.